The predicted molar refractivity (Wildman–Crippen MR) is 206 cm³/mol. The zero-order valence-electron chi connectivity index (χ0n) is 30.0. The van der Waals surface area contributed by atoms with Gasteiger partial charge in [-0.05, 0) is 142 Å². The Bertz CT molecular complexity index is 2260. The van der Waals surface area contributed by atoms with Crippen LogP contribution in [0, 0.1) is 11.6 Å². The van der Waals surface area contributed by atoms with E-state index in [-0.39, 0.29) is 11.6 Å². The summed E-state index contributed by atoms with van der Waals surface area (Å²) >= 11 is 0. The molecule has 5 N–H and O–H groups in total. The summed E-state index contributed by atoms with van der Waals surface area (Å²) in [5.41, 5.74) is 18.3. The number of fused-ring (bicyclic) bond motifs is 2. The molecule has 4 aromatic carbocycles. The first kappa shape index (κ1) is 36.1. The molecule has 0 aliphatic carbocycles. The van der Waals surface area contributed by atoms with E-state index < -0.39 is 11.8 Å². The van der Waals surface area contributed by atoms with Crippen molar-refractivity contribution >= 4 is 33.6 Å². The van der Waals surface area contributed by atoms with E-state index in [1.54, 1.807) is 12.1 Å². The van der Waals surface area contributed by atoms with Crippen molar-refractivity contribution in [1.82, 2.24) is 19.4 Å². The van der Waals surface area contributed by atoms with Gasteiger partial charge >= 0.3 is 0 Å². The Morgan fingerprint density at radius 1 is 0.642 bits per heavy atom. The third-order valence-electron chi connectivity index (χ3n) is 10.9. The Morgan fingerprint density at radius 3 is 1.51 bits per heavy atom. The zero-order chi connectivity index (χ0) is 37.1. The quantitative estimate of drug-likeness (QED) is 0.156. The minimum absolute atomic E-state index is 0.281. The molecule has 0 saturated carbocycles. The number of benzene rings is 4. The fourth-order valence-electron chi connectivity index (χ4n) is 8.16. The third kappa shape index (κ3) is 7.89. The predicted octanol–water partition coefficient (Wildman–Crippen LogP) is 7.13. The van der Waals surface area contributed by atoms with Crippen LogP contribution in [0.25, 0.3) is 21.8 Å². The number of aromatic nitrogens is 2. The van der Waals surface area contributed by atoms with Crippen LogP contribution in [-0.4, -0.2) is 59.1 Å². The van der Waals surface area contributed by atoms with Crippen molar-refractivity contribution in [3.05, 3.63) is 142 Å². The van der Waals surface area contributed by atoms with Gasteiger partial charge in [0, 0.05) is 34.9 Å². The number of carbonyl (C=O) groups excluding carboxylic acids is 2. The van der Waals surface area contributed by atoms with Gasteiger partial charge in [0.15, 0.2) is 0 Å². The molecule has 2 amide bonds. The van der Waals surface area contributed by atoms with Crippen molar-refractivity contribution in [3.63, 3.8) is 0 Å². The molecule has 0 bridgehead atoms. The van der Waals surface area contributed by atoms with Crippen LogP contribution in [0.5, 0.6) is 0 Å². The van der Waals surface area contributed by atoms with Crippen LogP contribution >= 0.6 is 0 Å². The fourth-order valence-corrected chi connectivity index (χ4v) is 8.16. The van der Waals surface area contributed by atoms with Crippen LogP contribution in [0.2, 0.25) is 0 Å². The second-order valence-corrected chi connectivity index (χ2v) is 14.4. The highest BCUT2D eigenvalue weighted by atomic mass is 19.1. The van der Waals surface area contributed by atoms with E-state index in [0.29, 0.717) is 36.3 Å². The number of primary amides is 2. The van der Waals surface area contributed by atoms with Crippen LogP contribution in [0.3, 0.4) is 0 Å². The number of amides is 2. The van der Waals surface area contributed by atoms with Crippen LogP contribution in [0.4, 0.5) is 8.78 Å². The summed E-state index contributed by atoms with van der Waals surface area (Å²) in [5.74, 6) is -0.529. The molecule has 2 aliphatic rings. The minimum Gasteiger partial charge on any atom is -0.364 e. The first-order chi connectivity index (χ1) is 25.7. The second-order valence-electron chi connectivity index (χ2n) is 14.4. The van der Waals surface area contributed by atoms with E-state index in [2.05, 4.69) is 29.4 Å². The van der Waals surface area contributed by atoms with Crippen molar-refractivity contribution in [2.24, 2.45) is 11.5 Å². The summed E-state index contributed by atoms with van der Waals surface area (Å²) < 4.78 is 31.0. The lowest BCUT2D eigenvalue weighted by atomic mass is 9.87. The van der Waals surface area contributed by atoms with Gasteiger partial charge in [0.05, 0.1) is 0 Å². The number of piperidine rings is 2. The highest BCUT2D eigenvalue weighted by molar-refractivity contribution is 6.00. The molecule has 2 aromatic heterocycles. The molecule has 53 heavy (non-hydrogen) atoms. The molecule has 2 saturated heterocycles. The summed E-state index contributed by atoms with van der Waals surface area (Å²) in [5, 5.41) is 5.54. The van der Waals surface area contributed by atoms with Gasteiger partial charge in [-0.2, -0.15) is 0 Å². The SMILES string of the molecule is CN1CCC(c2cccc3c2cc(C(N)=O)n3Cc2cccc(F)c2)CC1.NC(=O)c1cc2c(C3CCNCC3)cccc2n1Cc1cccc(F)c1. The first-order valence-electron chi connectivity index (χ1n) is 18.4. The van der Waals surface area contributed by atoms with E-state index in [9.17, 15) is 18.4 Å². The van der Waals surface area contributed by atoms with E-state index >= 15 is 0 Å². The highest BCUT2D eigenvalue weighted by Gasteiger charge is 2.24. The van der Waals surface area contributed by atoms with Gasteiger partial charge in [-0.25, -0.2) is 8.78 Å². The third-order valence-corrected chi connectivity index (χ3v) is 10.9. The van der Waals surface area contributed by atoms with Crippen molar-refractivity contribution in [2.75, 3.05) is 33.2 Å². The number of rotatable bonds is 8. The fraction of sp³-hybridized carbons (Fsp3) is 0.302. The number of hydrogen-bond donors (Lipinski definition) is 3. The molecule has 6 aromatic rings. The summed E-state index contributed by atoms with van der Waals surface area (Å²) in [6.07, 6.45) is 4.38. The topological polar surface area (TPSA) is 111 Å². The maximum absolute atomic E-state index is 13.6. The van der Waals surface area contributed by atoms with Crippen LogP contribution < -0.4 is 16.8 Å². The van der Waals surface area contributed by atoms with Gasteiger partial charge in [0.1, 0.15) is 23.0 Å². The van der Waals surface area contributed by atoms with Gasteiger partial charge < -0.3 is 30.8 Å². The van der Waals surface area contributed by atoms with E-state index in [1.165, 1.54) is 35.4 Å². The molecular weight excluding hydrogens is 671 g/mol. The lowest BCUT2D eigenvalue weighted by Crippen LogP contribution is -2.29. The normalized spacial score (nSPS) is 15.8. The van der Waals surface area contributed by atoms with Crippen LogP contribution in [-0.2, 0) is 13.1 Å². The molecule has 274 valence electrons. The molecule has 0 radical (unpaired) electrons. The van der Waals surface area contributed by atoms with Gasteiger partial charge in [-0.1, -0.05) is 48.5 Å². The average molecular weight is 717 g/mol. The van der Waals surface area contributed by atoms with E-state index in [1.807, 2.05) is 57.7 Å². The number of likely N-dealkylation sites (tertiary alicyclic amines) is 1. The summed E-state index contributed by atoms with van der Waals surface area (Å²) in [4.78, 5) is 26.5. The number of nitrogens with zero attached hydrogens (tertiary/aromatic N) is 3. The van der Waals surface area contributed by atoms with Crippen LogP contribution in [0.15, 0.2) is 97.1 Å². The first-order valence-corrected chi connectivity index (χ1v) is 18.4. The summed E-state index contributed by atoms with van der Waals surface area (Å²) in [6, 6.07) is 29.1. The average Bonchev–Trinajstić information content (AvgIpc) is 3.71. The van der Waals surface area contributed by atoms with Crippen molar-refractivity contribution in [1.29, 1.82) is 0 Å². The Balaban J connectivity index is 0.000000164. The number of hydrogen-bond acceptors (Lipinski definition) is 4. The molecule has 2 aliphatic heterocycles. The number of nitrogens with two attached hydrogens (primary N) is 2. The molecule has 4 heterocycles. The Morgan fingerprint density at radius 2 is 1.08 bits per heavy atom. The van der Waals surface area contributed by atoms with Gasteiger partial charge in [-0.15, -0.1) is 0 Å². The standard InChI is InChI=1S/C22H24FN3O.C21H22FN3O/c1-25-10-8-16(9-11-25)18-6-3-7-20-19(18)13-21(22(24)27)26(20)14-15-4-2-5-17(23)12-15;22-16-4-1-3-14(11-16)13-25-19-6-2-5-17(15-7-9-24-10-8-15)18(19)12-20(25)21(23)26/h2-7,12-13,16H,8-11,14H2,1H3,(H2,24,27);1-6,11-12,15,24H,7-10,13H2,(H2,23,26). The van der Waals surface area contributed by atoms with E-state index in [0.717, 1.165) is 84.8 Å². The molecule has 0 unspecified atom stereocenters. The monoisotopic (exact) mass is 716 g/mol. The Kier molecular flexibility index (Phi) is 10.7. The Labute approximate surface area is 308 Å². The summed E-state index contributed by atoms with van der Waals surface area (Å²) in [6.45, 7) is 4.99. The van der Waals surface area contributed by atoms with Crippen molar-refractivity contribution in [3.8, 4) is 0 Å². The number of nitrogens with one attached hydrogen (secondary N) is 1. The van der Waals surface area contributed by atoms with Crippen LogP contribution in [0.1, 0.15) is 80.7 Å². The molecular formula is C43H46F2N6O2. The number of halogens is 2. The van der Waals surface area contributed by atoms with E-state index in [4.69, 9.17) is 11.5 Å². The summed E-state index contributed by atoms with van der Waals surface area (Å²) in [7, 11) is 2.15. The van der Waals surface area contributed by atoms with Gasteiger partial charge in [0.25, 0.3) is 11.8 Å². The lowest BCUT2D eigenvalue weighted by molar-refractivity contribution is 0.0984. The highest BCUT2D eigenvalue weighted by Crippen LogP contribution is 2.36. The van der Waals surface area contributed by atoms with Gasteiger partial charge in [0.2, 0.25) is 0 Å². The zero-order valence-corrected chi connectivity index (χ0v) is 30.0. The number of carbonyl (C=O) groups is 2. The van der Waals surface area contributed by atoms with Crippen molar-refractivity contribution in [2.45, 2.75) is 50.6 Å². The molecule has 0 spiro atoms. The smallest absolute Gasteiger partial charge is 0.265 e. The largest absolute Gasteiger partial charge is 0.364 e. The lowest BCUT2D eigenvalue weighted by Gasteiger charge is -2.29. The maximum atomic E-state index is 13.6. The maximum Gasteiger partial charge on any atom is 0.265 e. The molecule has 8 rings (SSSR count). The second kappa shape index (κ2) is 15.7. The van der Waals surface area contributed by atoms with Crippen molar-refractivity contribution < 1.29 is 18.4 Å². The molecule has 10 heteroatoms. The van der Waals surface area contributed by atoms with Gasteiger partial charge in [-0.3, -0.25) is 9.59 Å². The Hall–Kier alpha value is -5.32. The minimum atomic E-state index is -0.464. The molecule has 8 nitrogen and oxygen atoms in total. The molecule has 2 fully saturated rings. The molecule has 0 atom stereocenters.